The standard InChI is InChI=1S/C20H20O4/c1-4-22-15-11-16(23-5-2)19-13(3)18(14-9-7-6-8-10-14)20(21)24-17(19)12-15/h6-12H,4-5H2,1-3H3. The molecule has 0 aliphatic carbocycles. The van der Waals surface area contributed by atoms with Crippen LogP contribution < -0.4 is 15.1 Å². The van der Waals surface area contributed by atoms with Crippen LogP contribution in [0.15, 0.2) is 51.7 Å². The van der Waals surface area contributed by atoms with Gasteiger partial charge in [-0.05, 0) is 31.9 Å². The van der Waals surface area contributed by atoms with Crippen molar-refractivity contribution in [1.82, 2.24) is 0 Å². The minimum atomic E-state index is -0.359. The van der Waals surface area contributed by atoms with Crippen molar-refractivity contribution in [3.8, 4) is 22.6 Å². The zero-order valence-electron chi connectivity index (χ0n) is 14.1. The van der Waals surface area contributed by atoms with Crippen molar-refractivity contribution in [1.29, 1.82) is 0 Å². The summed E-state index contributed by atoms with van der Waals surface area (Å²) in [7, 11) is 0. The highest BCUT2D eigenvalue weighted by atomic mass is 16.5. The molecule has 0 amide bonds. The van der Waals surface area contributed by atoms with Crippen LogP contribution in [0.3, 0.4) is 0 Å². The molecule has 0 N–H and O–H groups in total. The lowest BCUT2D eigenvalue weighted by Crippen LogP contribution is -2.07. The van der Waals surface area contributed by atoms with Gasteiger partial charge in [-0.1, -0.05) is 30.3 Å². The van der Waals surface area contributed by atoms with Gasteiger partial charge in [0.15, 0.2) is 0 Å². The van der Waals surface area contributed by atoms with Crippen molar-refractivity contribution < 1.29 is 13.9 Å². The second kappa shape index (κ2) is 6.79. The fourth-order valence-electron chi connectivity index (χ4n) is 2.90. The highest BCUT2D eigenvalue weighted by molar-refractivity contribution is 5.92. The summed E-state index contributed by atoms with van der Waals surface area (Å²) in [5.41, 5.74) is 2.36. The Kier molecular flexibility index (Phi) is 4.56. The highest BCUT2D eigenvalue weighted by Gasteiger charge is 2.18. The molecule has 0 saturated carbocycles. The maximum Gasteiger partial charge on any atom is 0.344 e. The van der Waals surface area contributed by atoms with Crippen molar-refractivity contribution >= 4 is 11.0 Å². The molecule has 1 aromatic heterocycles. The predicted molar refractivity (Wildman–Crippen MR) is 95.0 cm³/mol. The first-order chi connectivity index (χ1) is 11.7. The lowest BCUT2D eigenvalue weighted by atomic mass is 9.99. The molecule has 3 aromatic rings. The first kappa shape index (κ1) is 16.1. The molecule has 0 unspecified atom stereocenters. The Bertz CT molecular complexity index is 910. The maximum atomic E-state index is 12.5. The quantitative estimate of drug-likeness (QED) is 0.645. The molecular formula is C20H20O4. The first-order valence-electron chi connectivity index (χ1n) is 8.08. The van der Waals surface area contributed by atoms with Gasteiger partial charge in [0.2, 0.25) is 0 Å². The van der Waals surface area contributed by atoms with Gasteiger partial charge in [-0.25, -0.2) is 4.79 Å². The zero-order valence-corrected chi connectivity index (χ0v) is 14.1. The van der Waals surface area contributed by atoms with Gasteiger partial charge in [-0.3, -0.25) is 0 Å². The molecule has 1 heterocycles. The minimum absolute atomic E-state index is 0.359. The van der Waals surface area contributed by atoms with Crippen LogP contribution in [-0.2, 0) is 0 Å². The Labute approximate surface area is 140 Å². The molecule has 2 aromatic carbocycles. The third-order valence-corrected chi connectivity index (χ3v) is 3.87. The van der Waals surface area contributed by atoms with E-state index >= 15 is 0 Å². The molecule has 0 bridgehead atoms. The van der Waals surface area contributed by atoms with E-state index < -0.39 is 0 Å². The lowest BCUT2D eigenvalue weighted by molar-refractivity contribution is 0.325. The molecule has 0 fully saturated rings. The number of fused-ring (bicyclic) bond motifs is 1. The summed E-state index contributed by atoms with van der Waals surface area (Å²) in [6.45, 7) is 6.80. The van der Waals surface area contributed by atoms with Crippen LogP contribution in [0.5, 0.6) is 11.5 Å². The maximum absolute atomic E-state index is 12.5. The Morgan fingerprint density at radius 2 is 1.71 bits per heavy atom. The molecule has 0 saturated heterocycles. The van der Waals surface area contributed by atoms with E-state index in [0.717, 1.165) is 16.5 Å². The molecule has 24 heavy (non-hydrogen) atoms. The summed E-state index contributed by atoms with van der Waals surface area (Å²) in [6, 6.07) is 13.1. The molecule has 0 spiro atoms. The van der Waals surface area contributed by atoms with Gasteiger partial charge in [0, 0.05) is 12.1 Å². The molecule has 0 aliphatic rings. The molecule has 4 nitrogen and oxygen atoms in total. The molecule has 3 rings (SSSR count). The van der Waals surface area contributed by atoms with Gasteiger partial charge in [-0.2, -0.15) is 0 Å². The Morgan fingerprint density at radius 3 is 2.38 bits per heavy atom. The van der Waals surface area contributed by atoms with Crippen LogP contribution in [0.1, 0.15) is 19.4 Å². The lowest BCUT2D eigenvalue weighted by Gasteiger charge is -2.14. The zero-order chi connectivity index (χ0) is 17.1. The fraction of sp³-hybridized carbons (Fsp3) is 0.250. The van der Waals surface area contributed by atoms with E-state index in [1.807, 2.05) is 57.2 Å². The summed E-state index contributed by atoms with van der Waals surface area (Å²) in [5.74, 6) is 1.29. The van der Waals surface area contributed by atoms with Crippen molar-refractivity contribution in [3.05, 3.63) is 58.4 Å². The van der Waals surface area contributed by atoms with Gasteiger partial charge in [-0.15, -0.1) is 0 Å². The monoisotopic (exact) mass is 324 g/mol. The molecule has 124 valence electrons. The highest BCUT2D eigenvalue weighted by Crippen LogP contribution is 2.36. The summed E-state index contributed by atoms with van der Waals surface area (Å²) >= 11 is 0. The topological polar surface area (TPSA) is 48.7 Å². The third-order valence-electron chi connectivity index (χ3n) is 3.87. The summed E-state index contributed by atoms with van der Waals surface area (Å²) in [5, 5.41) is 0.804. The van der Waals surface area contributed by atoms with Crippen molar-refractivity contribution in [2.45, 2.75) is 20.8 Å². The van der Waals surface area contributed by atoms with Crippen LogP contribution in [-0.4, -0.2) is 13.2 Å². The fourth-order valence-corrected chi connectivity index (χ4v) is 2.90. The minimum Gasteiger partial charge on any atom is -0.494 e. The smallest absolute Gasteiger partial charge is 0.344 e. The summed E-state index contributed by atoms with van der Waals surface area (Å²) in [4.78, 5) is 12.5. The molecule has 0 atom stereocenters. The average Bonchev–Trinajstić information content (AvgIpc) is 2.56. The van der Waals surface area contributed by atoms with Gasteiger partial charge in [0.1, 0.15) is 17.1 Å². The second-order valence-corrected chi connectivity index (χ2v) is 5.42. The SMILES string of the molecule is CCOc1cc(OCC)c2c(C)c(-c3ccccc3)c(=O)oc2c1. The van der Waals surface area contributed by atoms with Crippen LogP contribution in [0.2, 0.25) is 0 Å². The van der Waals surface area contributed by atoms with Crippen molar-refractivity contribution in [3.63, 3.8) is 0 Å². The Morgan fingerprint density at radius 1 is 1.00 bits per heavy atom. The average molecular weight is 324 g/mol. The van der Waals surface area contributed by atoms with Crippen LogP contribution in [0.25, 0.3) is 22.1 Å². The number of benzene rings is 2. The van der Waals surface area contributed by atoms with Gasteiger partial charge >= 0.3 is 5.63 Å². The van der Waals surface area contributed by atoms with Gasteiger partial charge in [0.25, 0.3) is 0 Å². The number of hydrogen-bond acceptors (Lipinski definition) is 4. The van der Waals surface area contributed by atoms with Crippen molar-refractivity contribution in [2.24, 2.45) is 0 Å². The van der Waals surface area contributed by atoms with Gasteiger partial charge in [0.05, 0.1) is 24.2 Å². The van der Waals surface area contributed by atoms with Crippen LogP contribution >= 0.6 is 0 Å². The van der Waals surface area contributed by atoms with E-state index in [4.69, 9.17) is 13.9 Å². The normalized spacial score (nSPS) is 10.8. The number of ether oxygens (including phenoxy) is 2. The Balaban J connectivity index is 2.33. The molecule has 4 heteroatoms. The van der Waals surface area contributed by atoms with Crippen LogP contribution in [0.4, 0.5) is 0 Å². The summed E-state index contributed by atoms with van der Waals surface area (Å²) in [6.07, 6.45) is 0. The predicted octanol–water partition coefficient (Wildman–Crippen LogP) is 4.57. The number of hydrogen-bond donors (Lipinski definition) is 0. The third kappa shape index (κ3) is 2.87. The van der Waals surface area contributed by atoms with Crippen molar-refractivity contribution in [2.75, 3.05) is 13.2 Å². The molecular weight excluding hydrogens is 304 g/mol. The number of aryl methyl sites for hydroxylation is 1. The van der Waals surface area contributed by atoms with E-state index in [0.29, 0.717) is 35.9 Å². The molecule has 0 aliphatic heterocycles. The van der Waals surface area contributed by atoms with E-state index in [1.54, 1.807) is 6.07 Å². The summed E-state index contributed by atoms with van der Waals surface area (Å²) < 4.78 is 16.9. The van der Waals surface area contributed by atoms with E-state index in [-0.39, 0.29) is 5.63 Å². The number of rotatable bonds is 5. The van der Waals surface area contributed by atoms with E-state index in [2.05, 4.69) is 0 Å². The van der Waals surface area contributed by atoms with Crippen LogP contribution in [0, 0.1) is 6.92 Å². The second-order valence-electron chi connectivity index (χ2n) is 5.42. The van der Waals surface area contributed by atoms with E-state index in [9.17, 15) is 4.79 Å². The van der Waals surface area contributed by atoms with Gasteiger partial charge < -0.3 is 13.9 Å². The van der Waals surface area contributed by atoms with E-state index in [1.165, 1.54) is 0 Å². The molecule has 0 radical (unpaired) electrons. The Hall–Kier alpha value is -2.75. The first-order valence-corrected chi connectivity index (χ1v) is 8.08. The largest absolute Gasteiger partial charge is 0.494 e.